The number of imidazole rings is 1. The van der Waals surface area contributed by atoms with Gasteiger partial charge in [-0.2, -0.15) is 0 Å². The van der Waals surface area contributed by atoms with E-state index in [2.05, 4.69) is 24.9 Å². The molecular weight excluding hydrogens is 652 g/mol. The first-order valence-corrected chi connectivity index (χ1v) is 16.8. The number of fused-ring (bicyclic) bond motifs is 3. The normalized spacial score (nSPS) is 35.4. The summed E-state index contributed by atoms with van der Waals surface area (Å²) in [4.78, 5) is 43.2. The quantitative estimate of drug-likeness (QED) is 0.120. The van der Waals surface area contributed by atoms with Gasteiger partial charge in [0, 0.05) is 33.4 Å². The van der Waals surface area contributed by atoms with E-state index in [0.29, 0.717) is 12.1 Å². The molecule has 4 heterocycles. The van der Waals surface area contributed by atoms with E-state index in [4.69, 9.17) is 33.2 Å². The largest absolute Gasteiger partial charge is 0.456 e. The Morgan fingerprint density at radius 2 is 1.96 bits per heavy atom. The molecule has 1 unspecified atom stereocenters. The Hall–Kier alpha value is -3.66. The number of allylic oxidation sites excluding steroid dienone is 3. The molecule has 10 atom stereocenters. The third kappa shape index (κ3) is 7.95. The smallest absolute Gasteiger partial charge is 0.341 e. The predicted octanol–water partition coefficient (Wildman–Crippen LogP) is 2.74. The Morgan fingerprint density at radius 3 is 2.62 bits per heavy atom. The molecule has 3 aliphatic heterocycles. The molecule has 1 saturated heterocycles. The summed E-state index contributed by atoms with van der Waals surface area (Å²) < 4.78 is 42.3. The zero-order chi connectivity index (χ0) is 36.4. The summed E-state index contributed by atoms with van der Waals surface area (Å²) in [5.41, 5.74) is 0.587. The van der Waals surface area contributed by atoms with Crippen LogP contribution in [0, 0.1) is 23.7 Å². The summed E-state index contributed by atoms with van der Waals surface area (Å²) in [6.07, 6.45) is 8.74. The Kier molecular flexibility index (Phi) is 11.5. The number of ether oxygens (including phenoxy) is 7. The van der Waals surface area contributed by atoms with Gasteiger partial charge < -0.3 is 47.9 Å². The molecule has 1 aliphatic carbocycles. The lowest BCUT2D eigenvalue weighted by Gasteiger charge is -2.41. The van der Waals surface area contributed by atoms with E-state index in [-0.39, 0.29) is 35.9 Å². The molecule has 14 heteroatoms. The second-order valence-electron chi connectivity index (χ2n) is 13.9. The third-order valence-electron chi connectivity index (χ3n) is 10.0. The monoisotopic (exact) mass is 700 g/mol. The van der Waals surface area contributed by atoms with Crippen molar-refractivity contribution in [2.24, 2.45) is 30.7 Å². The van der Waals surface area contributed by atoms with Crippen molar-refractivity contribution in [1.82, 2.24) is 9.55 Å². The molecule has 14 nitrogen and oxygen atoms in total. The summed E-state index contributed by atoms with van der Waals surface area (Å²) in [5, 5.41) is 20.4. The van der Waals surface area contributed by atoms with Gasteiger partial charge in [0.25, 0.3) is 0 Å². The maximum atomic E-state index is 14.1. The molecule has 2 N–H and O–H groups in total. The number of esters is 3. The summed E-state index contributed by atoms with van der Waals surface area (Å²) in [7, 11) is 3.25. The first-order valence-electron chi connectivity index (χ1n) is 16.8. The number of aliphatic hydroxyl groups excluding tert-OH is 2. The lowest BCUT2D eigenvalue weighted by Crippen LogP contribution is -2.55. The number of carbonyl (C=O) groups is 3. The van der Waals surface area contributed by atoms with Crippen LogP contribution in [0.25, 0.3) is 6.08 Å². The zero-order valence-corrected chi connectivity index (χ0v) is 29.5. The molecule has 0 saturated carbocycles. The SMILES string of the molecule is CO[C@]12C=C[C@](C)(O1)[C@@H](OC(=O)C=Cc1cn(C)cn1)C[C@H]1C(C)=CC[C@H](C(C)C)C1C=C2C(=O)OCO[C@@H]1OC[C@@H](O)[C@@H](O)[C@@H]1OC(C)=O. The molecular formula is C36H48N2O12. The van der Waals surface area contributed by atoms with Crippen molar-refractivity contribution in [3.63, 3.8) is 0 Å². The van der Waals surface area contributed by atoms with Crippen LogP contribution in [0.15, 0.2) is 54.1 Å². The highest BCUT2D eigenvalue weighted by Crippen LogP contribution is 2.50. The molecule has 4 aliphatic rings. The van der Waals surface area contributed by atoms with Crippen molar-refractivity contribution < 1.29 is 57.8 Å². The molecule has 274 valence electrons. The topological polar surface area (TPSA) is 174 Å². The fraction of sp³-hybridized carbons (Fsp3) is 0.611. The van der Waals surface area contributed by atoms with Crippen molar-refractivity contribution in [2.75, 3.05) is 20.5 Å². The number of hydrogen-bond donors (Lipinski definition) is 2. The molecule has 2 bridgehead atoms. The van der Waals surface area contributed by atoms with Gasteiger partial charge in [0.05, 0.1) is 24.2 Å². The van der Waals surface area contributed by atoms with Gasteiger partial charge in [-0.1, -0.05) is 31.6 Å². The molecule has 0 spiro atoms. The maximum absolute atomic E-state index is 14.1. The highest BCUT2D eigenvalue weighted by Gasteiger charge is 2.55. The number of methoxy groups -OCH3 is 1. The van der Waals surface area contributed by atoms with E-state index < -0.39 is 66.8 Å². The van der Waals surface area contributed by atoms with Gasteiger partial charge in [0.1, 0.15) is 23.9 Å². The Bertz CT molecular complexity index is 1550. The minimum Gasteiger partial charge on any atom is -0.456 e. The minimum absolute atomic E-state index is 0.0810. The molecule has 1 fully saturated rings. The zero-order valence-electron chi connectivity index (χ0n) is 29.5. The fourth-order valence-electron chi connectivity index (χ4n) is 7.20. The van der Waals surface area contributed by atoms with Crippen LogP contribution in [0.5, 0.6) is 0 Å². The van der Waals surface area contributed by atoms with Gasteiger partial charge in [-0.05, 0) is 68.6 Å². The number of aromatic nitrogens is 2. The van der Waals surface area contributed by atoms with Gasteiger partial charge in [0.2, 0.25) is 12.1 Å². The van der Waals surface area contributed by atoms with Gasteiger partial charge in [-0.3, -0.25) is 4.79 Å². The predicted molar refractivity (Wildman–Crippen MR) is 176 cm³/mol. The molecule has 0 radical (unpaired) electrons. The molecule has 0 aromatic carbocycles. The maximum Gasteiger partial charge on any atom is 0.341 e. The van der Waals surface area contributed by atoms with E-state index in [1.54, 1.807) is 42.2 Å². The van der Waals surface area contributed by atoms with Crippen LogP contribution in [-0.2, 0) is 54.6 Å². The van der Waals surface area contributed by atoms with E-state index in [1.165, 1.54) is 13.2 Å². The van der Waals surface area contributed by atoms with Crippen molar-refractivity contribution >= 4 is 24.0 Å². The van der Waals surface area contributed by atoms with Crippen molar-refractivity contribution in [3.8, 4) is 0 Å². The number of carbonyl (C=O) groups excluding carboxylic acids is 3. The van der Waals surface area contributed by atoms with E-state index in [9.17, 15) is 24.6 Å². The van der Waals surface area contributed by atoms with Gasteiger partial charge >= 0.3 is 17.9 Å². The average Bonchev–Trinajstić information content (AvgIpc) is 3.66. The average molecular weight is 701 g/mol. The van der Waals surface area contributed by atoms with Crippen LogP contribution in [-0.4, -0.2) is 100 Å². The van der Waals surface area contributed by atoms with Crippen LogP contribution >= 0.6 is 0 Å². The van der Waals surface area contributed by atoms with Gasteiger partial charge in [-0.25, -0.2) is 14.6 Å². The number of aliphatic hydroxyl groups is 2. The Labute approximate surface area is 291 Å². The first-order chi connectivity index (χ1) is 23.7. The summed E-state index contributed by atoms with van der Waals surface area (Å²) in [6.45, 7) is 8.31. The van der Waals surface area contributed by atoms with Crippen LogP contribution < -0.4 is 0 Å². The molecule has 0 amide bonds. The number of rotatable bonds is 10. The number of aryl methyl sites for hydroxylation is 1. The second kappa shape index (κ2) is 15.3. The van der Waals surface area contributed by atoms with Crippen molar-refractivity contribution in [1.29, 1.82) is 0 Å². The summed E-state index contributed by atoms with van der Waals surface area (Å²) >= 11 is 0. The molecule has 50 heavy (non-hydrogen) atoms. The standard InChI is InChI=1S/C36H48N2O12/c1-20(2)24-10-8-21(3)25-15-29(49-30(41)11-9-23-16-38(6)18-37-23)35(5)12-13-36(44-7,50-35)27(14-26(24)25)33(43)46-19-47-34-32(48-22(4)39)31(42)28(40)17-45-34/h8-9,11-14,16,18,20,24-26,28-29,31-32,34,40,42H,10,15,17,19H2,1-7H3/t24-,25+,26?,28-,29+,31-,32+,34+,35+,36-/m1/s1. The highest BCUT2D eigenvalue weighted by atomic mass is 16.8. The van der Waals surface area contributed by atoms with Crippen LogP contribution in [0.4, 0.5) is 0 Å². The van der Waals surface area contributed by atoms with Gasteiger partial charge in [-0.15, -0.1) is 0 Å². The van der Waals surface area contributed by atoms with Crippen LogP contribution in [0.1, 0.15) is 53.2 Å². The molecule has 1 aromatic heterocycles. The Balaban J connectivity index is 1.43. The summed E-state index contributed by atoms with van der Waals surface area (Å²) in [6, 6.07) is 0. The minimum atomic E-state index is -1.70. The van der Waals surface area contributed by atoms with E-state index >= 15 is 0 Å². The van der Waals surface area contributed by atoms with Crippen molar-refractivity contribution in [2.45, 2.75) is 89.6 Å². The molecule has 5 rings (SSSR count). The summed E-state index contributed by atoms with van der Waals surface area (Å²) in [5.74, 6) is -3.74. The number of hydrogen-bond acceptors (Lipinski definition) is 13. The van der Waals surface area contributed by atoms with Crippen LogP contribution in [0.3, 0.4) is 0 Å². The molecule has 1 aromatic rings. The first kappa shape index (κ1) is 37.6. The Morgan fingerprint density at radius 1 is 1.20 bits per heavy atom. The van der Waals surface area contributed by atoms with Crippen LogP contribution in [0.2, 0.25) is 0 Å². The van der Waals surface area contributed by atoms with Crippen molar-refractivity contribution in [3.05, 3.63) is 59.7 Å². The second-order valence-corrected chi connectivity index (χ2v) is 13.9. The third-order valence-corrected chi connectivity index (χ3v) is 10.0. The fourth-order valence-corrected chi connectivity index (χ4v) is 7.20. The highest BCUT2D eigenvalue weighted by molar-refractivity contribution is 5.91. The lowest BCUT2D eigenvalue weighted by molar-refractivity contribution is -0.290. The number of nitrogens with zero attached hydrogens (tertiary/aromatic N) is 2. The van der Waals surface area contributed by atoms with Gasteiger partial charge in [0.15, 0.2) is 12.9 Å². The lowest BCUT2D eigenvalue weighted by atomic mass is 9.65. The van der Waals surface area contributed by atoms with E-state index in [0.717, 1.165) is 18.9 Å². The van der Waals surface area contributed by atoms with E-state index in [1.807, 2.05) is 20.0 Å².